The zero-order chi connectivity index (χ0) is 15.0. The molecule has 112 valence electrons. The van der Waals surface area contributed by atoms with Crippen LogP contribution < -0.4 is 5.73 Å². The average molecular weight is 325 g/mol. The Morgan fingerprint density at radius 3 is 3.14 bits per heavy atom. The topological polar surface area (TPSA) is 55.6 Å². The number of amides is 1. The van der Waals surface area contributed by atoms with Gasteiger partial charge in [-0.05, 0) is 24.6 Å². The summed E-state index contributed by atoms with van der Waals surface area (Å²) < 4.78 is 6.16. The van der Waals surface area contributed by atoms with E-state index in [9.17, 15) is 4.79 Å². The number of carbonyl (C=O) groups is 1. The molecule has 0 radical (unpaired) electrons. The molecule has 1 saturated heterocycles. The summed E-state index contributed by atoms with van der Waals surface area (Å²) in [7, 11) is 1.69. The maximum atomic E-state index is 12.7. The number of nitrogens with zero attached hydrogens (tertiary/aromatic N) is 1. The molecule has 1 aliphatic rings. The highest BCUT2D eigenvalue weighted by Gasteiger charge is 2.29. The van der Waals surface area contributed by atoms with E-state index in [1.807, 2.05) is 23.1 Å². The summed E-state index contributed by atoms with van der Waals surface area (Å²) in [6.07, 6.45) is 0.982. The second kappa shape index (κ2) is 5.83. The number of thiophene rings is 1. The van der Waals surface area contributed by atoms with E-state index in [0.29, 0.717) is 28.1 Å². The summed E-state index contributed by atoms with van der Waals surface area (Å²) in [5.74, 6) is 0.437. The summed E-state index contributed by atoms with van der Waals surface area (Å²) in [6.45, 7) is 2.20. The highest BCUT2D eigenvalue weighted by Crippen LogP contribution is 2.36. The molecule has 3 rings (SSSR count). The van der Waals surface area contributed by atoms with Crippen molar-refractivity contribution in [3.05, 3.63) is 28.1 Å². The number of nitrogen functional groups attached to an aromatic ring is 1. The molecule has 2 N–H and O–H groups in total. The van der Waals surface area contributed by atoms with Crippen LogP contribution in [0.25, 0.3) is 10.1 Å². The molecule has 21 heavy (non-hydrogen) atoms. The van der Waals surface area contributed by atoms with Crippen LogP contribution in [0.1, 0.15) is 16.1 Å². The van der Waals surface area contributed by atoms with Gasteiger partial charge in [-0.15, -0.1) is 11.3 Å². The number of halogens is 1. The van der Waals surface area contributed by atoms with Crippen LogP contribution >= 0.6 is 22.9 Å². The van der Waals surface area contributed by atoms with Crippen LogP contribution in [0.4, 0.5) is 5.69 Å². The molecule has 0 spiro atoms. The molecular formula is C15H17ClN2O2S. The van der Waals surface area contributed by atoms with Crippen molar-refractivity contribution in [3.8, 4) is 0 Å². The fraction of sp³-hybridized carbons (Fsp3) is 0.400. The summed E-state index contributed by atoms with van der Waals surface area (Å²) in [4.78, 5) is 15.1. The Balaban J connectivity index is 1.87. The number of ether oxygens (including phenoxy) is 1. The molecule has 2 aromatic rings. The molecule has 6 heteroatoms. The van der Waals surface area contributed by atoms with Gasteiger partial charge in [0.2, 0.25) is 0 Å². The first-order valence-electron chi connectivity index (χ1n) is 6.86. The van der Waals surface area contributed by atoms with Gasteiger partial charge < -0.3 is 15.4 Å². The van der Waals surface area contributed by atoms with Crippen LogP contribution in [0, 0.1) is 5.92 Å². The fourth-order valence-corrected chi connectivity index (χ4v) is 4.02. The second-order valence-corrected chi connectivity index (χ2v) is 6.84. The number of hydrogen-bond acceptors (Lipinski definition) is 4. The molecule has 0 saturated carbocycles. The van der Waals surface area contributed by atoms with Gasteiger partial charge in [0.15, 0.2) is 0 Å². The van der Waals surface area contributed by atoms with E-state index in [4.69, 9.17) is 22.1 Å². The molecule has 4 nitrogen and oxygen atoms in total. The SMILES string of the molecule is COCC1CCN(C(=O)c2sc3ccc(Cl)cc3c2N)C1. The smallest absolute Gasteiger partial charge is 0.266 e. The van der Waals surface area contributed by atoms with Crippen LogP contribution in [-0.4, -0.2) is 37.6 Å². The quantitative estimate of drug-likeness (QED) is 0.943. The lowest BCUT2D eigenvalue weighted by molar-refractivity contribution is 0.0781. The number of carbonyl (C=O) groups excluding carboxylic acids is 1. The standard InChI is InChI=1S/C15H17ClN2O2S/c1-20-8-9-4-5-18(7-9)15(19)14-13(17)11-6-10(16)2-3-12(11)21-14/h2-3,6,9H,4-5,7-8,17H2,1H3. The number of nitrogens with two attached hydrogens (primary N) is 1. The lowest BCUT2D eigenvalue weighted by Crippen LogP contribution is -2.29. The molecule has 0 aliphatic carbocycles. The normalized spacial score (nSPS) is 18.6. The summed E-state index contributed by atoms with van der Waals surface area (Å²) in [5, 5.41) is 1.50. The van der Waals surface area contributed by atoms with E-state index < -0.39 is 0 Å². The van der Waals surface area contributed by atoms with Gasteiger partial charge in [0.1, 0.15) is 4.88 Å². The van der Waals surface area contributed by atoms with Gasteiger partial charge in [-0.25, -0.2) is 0 Å². The van der Waals surface area contributed by atoms with E-state index in [2.05, 4.69) is 0 Å². The highest BCUT2D eigenvalue weighted by atomic mass is 35.5. The van der Waals surface area contributed by atoms with Crippen molar-refractivity contribution in [2.45, 2.75) is 6.42 Å². The van der Waals surface area contributed by atoms with Crippen LogP contribution in [0.2, 0.25) is 5.02 Å². The summed E-state index contributed by atoms with van der Waals surface area (Å²) in [5.41, 5.74) is 6.69. The fourth-order valence-electron chi connectivity index (χ4n) is 2.78. The van der Waals surface area contributed by atoms with Crippen molar-refractivity contribution < 1.29 is 9.53 Å². The van der Waals surface area contributed by atoms with Crippen molar-refractivity contribution in [1.29, 1.82) is 0 Å². The van der Waals surface area contributed by atoms with E-state index in [-0.39, 0.29) is 5.91 Å². The maximum absolute atomic E-state index is 12.7. The molecule has 1 amide bonds. The molecule has 1 fully saturated rings. The molecule has 0 bridgehead atoms. The predicted octanol–water partition coefficient (Wildman–Crippen LogP) is 3.25. The largest absolute Gasteiger partial charge is 0.397 e. The van der Waals surface area contributed by atoms with Gasteiger partial charge in [-0.3, -0.25) is 4.79 Å². The van der Waals surface area contributed by atoms with Gasteiger partial charge in [0, 0.05) is 41.2 Å². The lowest BCUT2D eigenvalue weighted by atomic mass is 10.1. The third kappa shape index (κ3) is 2.73. The Labute approximate surface area is 132 Å². The number of methoxy groups -OCH3 is 1. The Kier molecular flexibility index (Phi) is 4.06. The molecule has 1 unspecified atom stereocenters. The minimum Gasteiger partial charge on any atom is -0.397 e. The van der Waals surface area contributed by atoms with Gasteiger partial charge in [-0.1, -0.05) is 11.6 Å². The Bertz CT molecular complexity index is 686. The zero-order valence-corrected chi connectivity index (χ0v) is 13.3. The van der Waals surface area contributed by atoms with Gasteiger partial charge in [0.25, 0.3) is 5.91 Å². The second-order valence-electron chi connectivity index (χ2n) is 5.35. The first-order valence-corrected chi connectivity index (χ1v) is 8.05. The molecule has 1 aromatic heterocycles. The molecule has 1 aromatic carbocycles. The van der Waals surface area contributed by atoms with Crippen molar-refractivity contribution in [2.75, 3.05) is 32.5 Å². The summed E-state index contributed by atoms with van der Waals surface area (Å²) in [6, 6.07) is 5.54. The van der Waals surface area contributed by atoms with Crippen molar-refractivity contribution in [3.63, 3.8) is 0 Å². The number of rotatable bonds is 3. The van der Waals surface area contributed by atoms with E-state index in [1.54, 1.807) is 7.11 Å². The number of hydrogen-bond donors (Lipinski definition) is 1. The first kappa shape index (κ1) is 14.6. The Hall–Kier alpha value is -1.30. The molecule has 2 heterocycles. The van der Waals surface area contributed by atoms with Crippen LogP contribution in [0.5, 0.6) is 0 Å². The Morgan fingerprint density at radius 2 is 2.38 bits per heavy atom. The van der Waals surface area contributed by atoms with Gasteiger partial charge in [0.05, 0.1) is 12.3 Å². The van der Waals surface area contributed by atoms with Crippen LogP contribution in [-0.2, 0) is 4.74 Å². The van der Waals surface area contributed by atoms with E-state index in [1.165, 1.54) is 11.3 Å². The van der Waals surface area contributed by atoms with Crippen LogP contribution in [0.3, 0.4) is 0 Å². The Morgan fingerprint density at radius 1 is 1.57 bits per heavy atom. The minimum atomic E-state index is 0.0171. The van der Waals surface area contributed by atoms with Gasteiger partial charge in [-0.2, -0.15) is 0 Å². The number of benzene rings is 1. The monoisotopic (exact) mass is 324 g/mol. The van der Waals surface area contributed by atoms with Crippen molar-refractivity contribution >= 4 is 44.6 Å². The van der Waals surface area contributed by atoms with Gasteiger partial charge >= 0.3 is 0 Å². The first-order chi connectivity index (χ1) is 10.1. The van der Waals surface area contributed by atoms with Crippen molar-refractivity contribution in [1.82, 2.24) is 4.90 Å². The molecule has 1 aliphatic heterocycles. The third-order valence-corrected chi connectivity index (χ3v) is 5.27. The third-order valence-electron chi connectivity index (χ3n) is 3.86. The minimum absolute atomic E-state index is 0.0171. The predicted molar refractivity (Wildman–Crippen MR) is 87.1 cm³/mol. The molecule has 1 atom stereocenters. The average Bonchev–Trinajstić information content (AvgIpc) is 3.05. The zero-order valence-electron chi connectivity index (χ0n) is 11.8. The van der Waals surface area contributed by atoms with E-state index >= 15 is 0 Å². The van der Waals surface area contributed by atoms with Crippen LogP contribution in [0.15, 0.2) is 18.2 Å². The number of likely N-dealkylation sites (tertiary alicyclic amines) is 1. The number of anilines is 1. The molecular weight excluding hydrogens is 308 g/mol. The van der Waals surface area contributed by atoms with Crippen molar-refractivity contribution in [2.24, 2.45) is 5.92 Å². The maximum Gasteiger partial charge on any atom is 0.266 e. The van der Waals surface area contributed by atoms with E-state index in [0.717, 1.165) is 29.6 Å². The lowest BCUT2D eigenvalue weighted by Gasteiger charge is -2.15. The summed E-state index contributed by atoms with van der Waals surface area (Å²) >= 11 is 7.44. The number of fused-ring (bicyclic) bond motifs is 1. The highest BCUT2D eigenvalue weighted by molar-refractivity contribution is 7.21.